The fraction of sp³-hybridized carbons (Fsp3) is 0.429. The molecule has 8 nitrogen and oxygen atoms in total. The number of fused-ring (bicyclic) bond motifs is 2. The highest BCUT2D eigenvalue weighted by Crippen LogP contribution is 2.34. The zero-order valence-corrected chi connectivity index (χ0v) is 16.1. The molecule has 0 spiro atoms. The van der Waals surface area contributed by atoms with Crippen LogP contribution in [-0.2, 0) is 25.6 Å². The molecular formula is C21H24N4O4. The highest BCUT2D eigenvalue weighted by molar-refractivity contribution is 6.07. The van der Waals surface area contributed by atoms with Gasteiger partial charge in [-0.05, 0) is 37.3 Å². The average molecular weight is 396 g/mol. The van der Waals surface area contributed by atoms with Crippen molar-refractivity contribution in [2.45, 2.75) is 25.7 Å². The van der Waals surface area contributed by atoms with E-state index in [1.54, 1.807) is 0 Å². The van der Waals surface area contributed by atoms with Gasteiger partial charge in [-0.25, -0.2) is 0 Å². The van der Waals surface area contributed by atoms with Gasteiger partial charge in [0.25, 0.3) is 11.8 Å². The fourth-order valence-corrected chi connectivity index (χ4v) is 4.34. The zero-order valence-electron chi connectivity index (χ0n) is 16.1. The lowest BCUT2D eigenvalue weighted by Gasteiger charge is -2.30. The molecule has 4 amide bonds. The van der Waals surface area contributed by atoms with Crippen molar-refractivity contribution in [3.8, 4) is 0 Å². The maximum atomic E-state index is 12.4. The second kappa shape index (κ2) is 8.06. The van der Waals surface area contributed by atoms with Crippen LogP contribution in [0, 0.1) is 11.8 Å². The van der Waals surface area contributed by atoms with E-state index >= 15 is 0 Å². The third-order valence-electron chi connectivity index (χ3n) is 5.78. The fourth-order valence-electron chi connectivity index (χ4n) is 4.34. The van der Waals surface area contributed by atoms with Gasteiger partial charge in [-0.3, -0.25) is 34.9 Å². The Morgan fingerprint density at radius 1 is 0.931 bits per heavy atom. The first-order valence-electron chi connectivity index (χ1n) is 9.95. The molecule has 1 aromatic carbocycles. The molecule has 2 unspecified atom stereocenters. The van der Waals surface area contributed by atoms with E-state index in [0.29, 0.717) is 12.8 Å². The van der Waals surface area contributed by atoms with Gasteiger partial charge in [0.1, 0.15) is 6.54 Å². The van der Waals surface area contributed by atoms with Crippen molar-refractivity contribution in [2.24, 2.45) is 11.8 Å². The molecule has 1 aliphatic carbocycles. The van der Waals surface area contributed by atoms with Gasteiger partial charge in [-0.1, -0.05) is 30.4 Å². The summed E-state index contributed by atoms with van der Waals surface area (Å²) in [6, 6.07) is 7.96. The quantitative estimate of drug-likeness (QED) is 0.440. The van der Waals surface area contributed by atoms with Crippen LogP contribution in [0.3, 0.4) is 0 Å². The van der Waals surface area contributed by atoms with Crippen LogP contribution in [0.15, 0.2) is 36.4 Å². The Balaban J connectivity index is 1.28. The molecule has 0 aromatic heterocycles. The Morgan fingerprint density at radius 2 is 1.55 bits per heavy atom. The van der Waals surface area contributed by atoms with E-state index < -0.39 is 5.91 Å². The molecular weight excluding hydrogens is 372 g/mol. The summed E-state index contributed by atoms with van der Waals surface area (Å²) in [5.74, 6) is -2.30. The summed E-state index contributed by atoms with van der Waals surface area (Å²) >= 11 is 0. The summed E-state index contributed by atoms with van der Waals surface area (Å²) in [5, 5.41) is 0. The zero-order chi connectivity index (χ0) is 20.4. The van der Waals surface area contributed by atoms with Crippen molar-refractivity contribution in [1.29, 1.82) is 0 Å². The smallest absolute Gasteiger partial charge is 0.258 e. The summed E-state index contributed by atoms with van der Waals surface area (Å²) in [6.07, 6.45) is 6.81. The number of allylic oxidation sites excluding steroid dienone is 2. The Kier molecular flexibility index (Phi) is 5.33. The van der Waals surface area contributed by atoms with Gasteiger partial charge in [0.05, 0.1) is 18.4 Å². The Morgan fingerprint density at radius 3 is 2.24 bits per heavy atom. The summed E-state index contributed by atoms with van der Waals surface area (Å²) in [4.78, 5) is 52.2. The van der Waals surface area contributed by atoms with Gasteiger partial charge in [-0.2, -0.15) is 0 Å². The molecule has 2 heterocycles. The van der Waals surface area contributed by atoms with Crippen LogP contribution < -0.4 is 15.8 Å². The van der Waals surface area contributed by atoms with Crippen LogP contribution in [0.1, 0.15) is 24.8 Å². The average Bonchev–Trinajstić information content (AvgIpc) is 2.98. The van der Waals surface area contributed by atoms with Crippen molar-refractivity contribution in [2.75, 3.05) is 24.5 Å². The molecule has 1 fully saturated rings. The molecule has 1 aromatic rings. The Hall–Kier alpha value is -3.16. The van der Waals surface area contributed by atoms with Crippen LogP contribution in [-0.4, -0.2) is 48.2 Å². The second-order valence-electron chi connectivity index (χ2n) is 7.67. The van der Waals surface area contributed by atoms with E-state index in [0.717, 1.165) is 30.0 Å². The van der Waals surface area contributed by atoms with Crippen LogP contribution in [0.2, 0.25) is 0 Å². The lowest BCUT2D eigenvalue weighted by Crippen LogP contribution is -2.50. The maximum absolute atomic E-state index is 12.4. The number of hydrazine groups is 1. The molecule has 0 radical (unpaired) electrons. The van der Waals surface area contributed by atoms with Crippen LogP contribution in [0.5, 0.6) is 0 Å². The van der Waals surface area contributed by atoms with Crippen molar-refractivity contribution < 1.29 is 19.2 Å². The van der Waals surface area contributed by atoms with Gasteiger partial charge in [0.15, 0.2) is 0 Å². The summed E-state index contributed by atoms with van der Waals surface area (Å²) in [7, 11) is 0. The molecule has 3 aliphatic rings. The van der Waals surface area contributed by atoms with Crippen LogP contribution in [0.25, 0.3) is 0 Å². The SMILES string of the molecule is O=C(CN1C(=O)C2CC=CCC2C1=O)NNC(=O)CN1CCCc2ccccc21. The van der Waals surface area contributed by atoms with E-state index in [2.05, 4.69) is 16.9 Å². The molecule has 0 bridgehead atoms. The van der Waals surface area contributed by atoms with Crippen molar-refractivity contribution in [3.63, 3.8) is 0 Å². The first-order valence-corrected chi connectivity index (χ1v) is 9.95. The third-order valence-corrected chi connectivity index (χ3v) is 5.78. The number of nitrogens with zero attached hydrogens (tertiary/aromatic N) is 2. The predicted molar refractivity (Wildman–Crippen MR) is 105 cm³/mol. The number of likely N-dealkylation sites (tertiary alicyclic amines) is 1. The maximum Gasteiger partial charge on any atom is 0.258 e. The normalized spacial score (nSPS) is 22.9. The number of imide groups is 1. The minimum atomic E-state index is -0.592. The number of carbonyl (C=O) groups is 4. The largest absolute Gasteiger partial charge is 0.362 e. The number of aryl methyl sites for hydroxylation is 1. The van der Waals surface area contributed by atoms with Gasteiger partial charge >= 0.3 is 0 Å². The number of benzene rings is 1. The third kappa shape index (κ3) is 3.87. The highest BCUT2D eigenvalue weighted by atomic mass is 16.2. The molecule has 2 aliphatic heterocycles. The first kappa shape index (κ1) is 19.2. The number of carbonyl (C=O) groups excluding carboxylic acids is 4. The number of rotatable bonds is 4. The van der Waals surface area contributed by atoms with Crippen molar-refractivity contribution in [1.82, 2.24) is 15.8 Å². The first-order chi connectivity index (χ1) is 14.0. The lowest BCUT2D eigenvalue weighted by molar-refractivity contribution is -0.144. The molecule has 8 heteroatoms. The van der Waals surface area contributed by atoms with Crippen molar-refractivity contribution >= 4 is 29.3 Å². The molecule has 2 atom stereocenters. The number of anilines is 1. The van der Waals surface area contributed by atoms with E-state index in [1.807, 2.05) is 35.3 Å². The topological polar surface area (TPSA) is 98.8 Å². The van der Waals surface area contributed by atoms with E-state index in [9.17, 15) is 19.2 Å². The molecule has 0 saturated carbocycles. The van der Waals surface area contributed by atoms with Crippen LogP contribution in [0.4, 0.5) is 5.69 Å². The summed E-state index contributed by atoms with van der Waals surface area (Å²) in [6.45, 7) is 0.512. The summed E-state index contributed by atoms with van der Waals surface area (Å²) in [5.41, 5.74) is 6.94. The standard InChI is InChI=1S/C21H24N4O4/c26-18(12-24-11-5-7-14-6-1-4-10-17(14)24)22-23-19(27)13-25-20(28)15-8-2-3-9-16(15)21(25)29/h1-4,6,10,15-16H,5,7-9,11-13H2,(H,22,26)(H,23,27). The second-order valence-corrected chi connectivity index (χ2v) is 7.67. The number of para-hydroxylation sites is 1. The molecule has 29 heavy (non-hydrogen) atoms. The molecule has 4 rings (SSSR count). The molecule has 2 N–H and O–H groups in total. The van der Waals surface area contributed by atoms with Crippen LogP contribution >= 0.6 is 0 Å². The van der Waals surface area contributed by atoms with Gasteiger partial charge in [0.2, 0.25) is 11.8 Å². The van der Waals surface area contributed by atoms with Gasteiger partial charge in [0, 0.05) is 12.2 Å². The van der Waals surface area contributed by atoms with Gasteiger partial charge in [-0.15, -0.1) is 0 Å². The number of hydrogen-bond donors (Lipinski definition) is 2. The minimum absolute atomic E-state index is 0.120. The number of amides is 4. The number of nitrogens with one attached hydrogen (secondary N) is 2. The number of hydrogen-bond acceptors (Lipinski definition) is 5. The molecule has 152 valence electrons. The van der Waals surface area contributed by atoms with Crippen molar-refractivity contribution in [3.05, 3.63) is 42.0 Å². The van der Waals surface area contributed by atoms with E-state index in [-0.39, 0.29) is 42.6 Å². The lowest BCUT2D eigenvalue weighted by atomic mass is 9.85. The Bertz CT molecular complexity index is 855. The monoisotopic (exact) mass is 396 g/mol. The van der Waals surface area contributed by atoms with E-state index in [1.165, 1.54) is 5.56 Å². The van der Waals surface area contributed by atoms with Gasteiger partial charge < -0.3 is 4.90 Å². The van der Waals surface area contributed by atoms with E-state index in [4.69, 9.17) is 0 Å². The predicted octanol–water partition coefficient (Wildman–Crippen LogP) is 0.538. The Labute approximate surface area is 168 Å². The minimum Gasteiger partial charge on any atom is -0.362 e. The summed E-state index contributed by atoms with van der Waals surface area (Å²) < 4.78 is 0. The molecule has 1 saturated heterocycles. The highest BCUT2D eigenvalue weighted by Gasteiger charge is 2.47.